The molecule has 5 nitrogen and oxygen atoms in total. The van der Waals surface area contributed by atoms with Gasteiger partial charge in [-0.2, -0.15) is 0 Å². The zero-order valence-electron chi connectivity index (χ0n) is 14.1. The van der Waals surface area contributed by atoms with Gasteiger partial charge in [-0.1, -0.05) is 28.1 Å². The highest BCUT2D eigenvalue weighted by Gasteiger charge is 2.18. The Bertz CT molecular complexity index is 536. The van der Waals surface area contributed by atoms with E-state index in [1.54, 1.807) is 0 Å². The number of rotatable bonds is 7. The van der Waals surface area contributed by atoms with Crippen LogP contribution >= 0.6 is 39.9 Å². The molecule has 1 saturated heterocycles. The van der Waals surface area contributed by atoms with Gasteiger partial charge < -0.3 is 15.5 Å². The van der Waals surface area contributed by atoms with E-state index in [0.717, 1.165) is 49.5 Å². The summed E-state index contributed by atoms with van der Waals surface area (Å²) in [5, 5.41) is 6.58. The van der Waals surface area contributed by atoms with Crippen molar-refractivity contribution >= 4 is 51.8 Å². The van der Waals surface area contributed by atoms with Crippen molar-refractivity contribution in [1.29, 1.82) is 0 Å². The van der Waals surface area contributed by atoms with E-state index in [9.17, 15) is 4.79 Å². The van der Waals surface area contributed by atoms with E-state index in [1.807, 2.05) is 17.0 Å². The Morgan fingerprint density at radius 1 is 1.29 bits per heavy atom. The van der Waals surface area contributed by atoms with Gasteiger partial charge in [-0.05, 0) is 37.5 Å². The summed E-state index contributed by atoms with van der Waals surface area (Å²) in [6.07, 6.45) is 2.66. The summed E-state index contributed by atoms with van der Waals surface area (Å²) in [5.74, 6) is 1.11. The van der Waals surface area contributed by atoms with E-state index in [2.05, 4.69) is 50.6 Å². The highest BCUT2D eigenvalue weighted by molar-refractivity contribution is 14.0. The van der Waals surface area contributed by atoms with Crippen molar-refractivity contribution in [2.24, 2.45) is 4.99 Å². The molecule has 1 fully saturated rings. The second kappa shape index (κ2) is 11.7. The second-order valence-electron chi connectivity index (χ2n) is 5.59. The first kappa shape index (κ1) is 21.2. The monoisotopic (exact) mass is 508 g/mol. The fourth-order valence-corrected chi connectivity index (χ4v) is 2.78. The van der Waals surface area contributed by atoms with E-state index in [1.165, 1.54) is 5.56 Å². The Kier molecular flexibility index (Phi) is 10.3. The fraction of sp³-hybridized carbons (Fsp3) is 0.529. The number of likely N-dealkylation sites (tertiary alicyclic amines) is 1. The van der Waals surface area contributed by atoms with Crippen molar-refractivity contribution in [3.05, 3.63) is 34.3 Å². The van der Waals surface area contributed by atoms with Gasteiger partial charge in [0.2, 0.25) is 5.91 Å². The van der Waals surface area contributed by atoms with Crippen LogP contribution in [0, 0.1) is 0 Å². The molecule has 7 heteroatoms. The maximum atomic E-state index is 11.6. The van der Waals surface area contributed by atoms with Crippen LogP contribution in [-0.4, -0.2) is 42.9 Å². The maximum absolute atomic E-state index is 11.6. The lowest BCUT2D eigenvalue weighted by molar-refractivity contribution is -0.127. The van der Waals surface area contributed by atoms with Crippen LogP contribution in [0.25, 0.3) is 0 Å². The SMILES string of the molecule is CCNC(=NCc1ccc(Br)cc1)NCCCN1CCCC1=O.I. The van der Waals surface area contributed by atoms with E-state index in [4.69, 9.17) is 0 Å². The third-order valence-electron chi connectivity index (χ3n) is 3.75. The highest BCUT2D eigenvalue weighted by Crippen LogP contribution is 2.11. The van der Waals surface area contributed by atoms with Crippen molar-refractivity contribution in [3.63, 3.8) is 0 Å². The molecule has 0 bridgehead atoms. The average molecular weight is 509 g/mol. The molecule has 0 spiro atoms. The van der Waals surface area contributed by atoms with Gasteiger partial charge in [-0.25, -0.2) is 4.99 Å². The van der Waals surface area contributed by atoms with Crippen molar-refractivity contribution in [3.8, 4) is 0 Å². The Morgan fingerprint density at radius 2 is 2.04 bits per heavy atom. The number of hydrogen-bond donors (Lipinski definition) is 2. The van der Waals surface area contributed by atoms with E-state index >= 15 is 0 Å². The molecule has 2 rings (SSSR count). The first-order valence-corrected chi connectivity index (χ1v) is 9.02. The minimum absolute atomic E-state index is 0. The highest BCUT2D eigenvalue weighted by atomic mass is 127. The third-order valence-corrected chi connectivity index (χ3v) is 4.27. The molecular weight excluding hydrogens is 483 g/mol. The van der Waals surface area contributed by atoms with Gasteiger partial charge in [0.05, 0.1) is 6.54 Å². The van der Waals surface area contributed by atoms with Crippen molar-refractivity contribution in [1.82, 2.24) is 15.5 Å². The van der Waals surface area contributed by atoms with Crippen LogP contribution in [0.15, 0.2) is 33.7 Å². The van der Waals surface area contributed by atoms with Gasteiger partial charge >= 0.3 is 0 Å². The van der Waals surface area contributed by atoms with Crippen LogP contribution in [0.5, 0.6) is 0 Å². The summed E-state index contributed by atoms with van der Waals surface area (Å²) in [4.78, 5) is 18.1. The molecule has 0 aromatic heterocycles. The summed E-state index contributed by atoms with van der Waals surface area (Å²) in [5.41, 5.74) is 1.17. The molecule has 1 aromatic rings. The average Bonchev–Trinajstić information content (AvgIpc) is 2.96. The van der Waals surface area contributed by atoms with Crippen molar-refractivity contribution in [2.75, 3.05) is 26.2 Å². The predicted molar refractivity (Wildman–Crippen MR) is 113 cm³/mol. The molecule has 0 atom stereocenters. The van der Waals surface area contributed by atoms with Gasteiger partial charge in [-0.15, -0.1) is 24.0 Å². The minimum atomic E-state index is 0. The van der Waals surface area contributed by atoms with Crippen LogP contribution in [0.2, 0.25) is 0 Å². The molecule has 0 unspecified atom stereocenters. The van der Waals surface area contributed by atoms with Crippen LogP contribution in [0.1, 0.15) is 31.7 Å². The molecule has 1 aromatic carbocycles. The third kappa shape index (κ3) is 7.38. The van der Waals surface area contributed by atoms with Crippen LogP contribution in [-0.2, 0) is 11.3 Å². The summed E-state index contributed by atoms with van der Waals surface area (Å²) < 4.78 is 1.08. The molecule has 0 aliphatic carbocycles. The minimum Gasteiger partial charge on any atom is -0.357 e. The Morgan fingerprint density at radius 3 is 2.67 bits per heavy atom. The summed E-state index contributed by atoms with van der Waals surface area (Å²) >= 11 is 3.44. The Labute approximate surface area is 169 Å². The van der Waals surface area contributed by atoms with Gasteiger partial charge in [0.15, 0.2) is 5.96 Å². The van der Waals surface area contributed by atoms with Gasteiger partial charge in [0.25, 0.3) is 0 Å². The van der Waals surface area contributed by atoms with Crippen molar-refractivity contribution < 1.29 is 4.79 Å². The zero-order chi connectivity index (χ0) is 16.5. The predicted octanol–water partition coefficient (Wildman–Crippen LogP) is 3.13. The molecule has 1 aliphatic heterocycles. The summed E-state index contributed by atoms with van der Waals surface area (Å²) in [7, 11) is 0. The Balaban J connectivity index is 0.00000288. The van der Waals surface area contributed by atoms with Crippen LogP contribution < -0.4 is 10.6 Å². The number of carbonyl (C=O) groups is 1. The lowest BCUT2D eigenvalue weighted by Crippen LogP contribution is -2.39. The number of halogens is 2. The molecular formula is C17H26BrIN4O. The van der Waals surface area contributed by atoms with Crippen LogP contribution in [0.4, 0.5) is 0 Å². The molecule has 1 heterocycles. The largest absolute Gasteiger partial charge is 0.357 e. The zero-order valence-corrected chi connectivity index (χ0v) is 18.0. The molecule has 0 radical (unpaired) electrons. The molecule has 134 valence electrons. The number of benzene rings is 1. The van der Waals surface area contributed by atoms with Crippen LogP contribution in [0.3, 0.4) is 0 Å². The number of carbonyl (C=O) groups excluding carboxylic acids is 1. The molecule has 1 aliphatic rings. The lowest BCUT2D eigenvalue weighted by Gasteiger charge is -2.16. The number of aliphatic imine (C=N–C) groups is 1. The lowest BCUT2D eigenvalue weighted by atomic mass is 10.2. The summed E-state index contributed by atoms with van der Waals surface area (Å²) in [6, 6.07) is 8.18. The van der Waals surface area contributed by atoms with Gasteiger partial charge in [-0.3, -0.25) is 4.79 Å². The molecule has 0 saturated carbocycles. The number of amides is 1. The quantitative estimate of drug-likeness (QED) is 0.257. The normalized spacial score (nSPS) is 14.5. The van der Waals surface area contributed by atoms with E-state index < -0.39 is 0 Å². The number of guanidine groups is 1. The van der Waals surface area contributed by atoms with Gasteiger partial charge in [0, 0.05) is 37.1 Å². The topological polar surface area (TPSA) is 56.7 Å². The first-order valence-electron chi connectivity index (χ1n) is 8.23. The molecule has 2 N–H and O–H groups in total. The van der Waals surface area contributed by atoms with Crippen molar-refractivity contribution in [2.45, 2.75) is 32.7 Å². The summed E-state index contributed by atoms with van der Waals surface area (Å²) in [6.45, 7) is 6.09. The fourth-order valence-electron chi connectivity index (χ4n) is 2.52. The van der Waals surface area contributed by atoms with Gasteiger partial charge in [0.1, 0.15) is 0 Å². The Hall–Kier alpha value is -0.830. The molecule has 24 heavy (non-hydrogen) atoms. The van der Waals surface area contributed by atoms with E-state index in [-0.39, 0.29) is 24.0 Å². The smallest absolute Gasteiger partial charge is 0.222 e. The second-order valence-corrected chi connectivity index (χ2v) is 6.50. The standard InChI is InChI=1S/C17H25BrN4O.HI/c1-2-19-17(21-13-14-6-8-15(18)9-7-14)20-10-4-12-22-11-3-5-16(22)23;/h6-9H,2-5,10-13H2,1H3,(H2,19,20,21);1H. The number of nitrogens with zero attached hydrogens (tertiary/aromatic N) is 2. The number of hydrogen-bond acceptors (Lipinski definition) is 2. The first-order chi connectivity index (χ1) is 11.2. The van der Waals surface area contributed by atoms with E-state index in [0.29, 0.717) is 18.9 Å². The maximum Gasteiger partial charge on any atom is 0.222 e. The number of nitrogens with one attached hydrogen (secondary N) is 2. The molecule has 1 amide bonds.